The van der Waals surface area contributed by atoms with E-state index in [4.69, 9.17) is 4.74 Å². The van der Waals surface area contributed by atoms with E-state index in [9.17, 15) is 17.6 Å². The minimum atomic E-state index is -4.07. The van der Waals surface area contributed by atoms with Crippen LogP contribution in [-0.2, 0) is 26.0 Å². The topological polar surface area (TPSA) is 75.7 Å². The van der Waals surface area contributed by atoms with Crippen LogP contribution in [0.3, 0.4) is 0 Å². The molecule has 2 aromatic rings. The molecule has 190 valence electrons. The summed E-state index contributed by atoms with van der Waals surface area (Å²) in [6.07, 6.45) is -0.317. The Labute approximate surface area is 201 Å². The molecular weight excluding hydrogens is 488 g/mol. The van der Waals surface area contributed by atoms with Crippen LogP contribution in [-0.4, -0.2) is 62.2 Å². The van der Waals surface area contributed by atoms with Gasteiger partial charge in [-0.25, -0.2) is 30.7 Å². The molecule has 35 heavy (non-hydrogen) atoms. The van der Waals surface area contributed by atoms with Crippen molar-refractivity contribution in [2.75, 3.05) is 18.9 Å². The maximum atomic E-state index is 15.5. The van der Waals surface area contributed by atoms with Gasteiger partial charge in [0.15, 0.2) is 0 Å². The highest BCUT2D eigenvalue weighted by atomic mass is 32.2. The SMILES string of the molecule is CCS(=O)(=O)N[C@@H]1[C@H](Cc2cccc(-c3cccc(F)c3)c2F)N(C(=O)[C@H]2CCCO2)CC1(F)F. The van der Waals surface area contributed by atoms with Gasteiger partial charge in [0.2, 0.25) is 10.0 Å². The summed E-state index contributed by atoms with van der Waals surface area (Å²) >= 11 is 0. The minimum Gasteiger partial charge on any atom is -0.368 e. The van der Waals surface area contributed by atoms with Crippen molar-refractivity contribution in [3.8, 4) is 11.1 Å². The molecule has 2 aliphatic rings. The predicted octanol–water partition coefficient (Wildman–Crippen LogP) is 3.51. The second-order valence-electron chi connectivity index (χ2n) is 8.79. The minimum absolute atomic E-state index is 0.000276. The molecule has 3 atom stereocenters. The molecule has 0 aliphatic carbocycles. The summed E-state index contributed by atoms with van der Waals surface area (Å²) in [4.78, 5) is 14.0. The van der Waals surface area contributed by atoms with Crippen molar-refractivity contribution in [1.29, 1.82) is 0 Å². The molecule has 0 radical (unpaired) electrons. The van der Waals surface area contributed by atoms with Crippen molar-refractivity contribution in [2.45, 2.75) is 50.3 Å². The summed E-state index contributed by atoms with van der Waals surface area (Å²) < 4.78 is 91.3. The van der Waals surface area contributed by atoms with Crippen molar-refractivity contribution in [2.24, 2.45) is 0 Å². The summed E-state index contributed by atoms with van der Waals surface area (Å²) in [7, 11) is -4.07. The molecule has 1 N–H and O–H groups in total. The second kappa shape index (κ2) is 9.87. The van der Waals surface area contributed by atoms with Crippen molar-refractivity contribution in [3.63, 3.8) is 0 Å². The Morgan fingerprint density at radius 3 is 2.60 bits per heavy atom. The average molecular weight is 515 g/mol. The van der Waals surface area contributed by atoms with Gasteiger partial charge in [-0.1, -0.05) is 30.3 Å². The lowest BCUT2D eigenvalue weighted by atomic mass is 9.95. The summed E-state index contributed by atoms with van der Waals surface area (Å²) in [6.45, 7) is 0.613. The number of ether oxygens (including phenoxy) is 1. The molecule has 6 nitrogen and oxygen atoms in total. The van der Waals surface area contributed by atoms with Crippen LogP contribution in [0.25, 0.3) is 11.1 Å². The predicted molar refractivity (Wildman–Crippen MR) is 121 cm³/mol. The Bertz CT molecular complexity index is 1200. The lowest BCUT2D eigenvalue weighted by molar-refractivity contribution is -0.143. The summed E-state index contributed by atoms with van der Waals surface area (Å²) in [6, 6.07) is 6.31. The number of hydrogen-bond acceptors (Lipinski definition) is 4. The van der Waals surface area contributed by atoms with E-state index in [2.05, 4.69) is 0 Å². The lowest BCUT2D eigenvalue weighted by Gasteiger charge is -2.30. The number of amides is 1. The quantitative estimate of drug-likeness (QED) is 0.574. The highest BCUT2D eigenvalue weighted by Gasteiger charge is 2.57. The molecule has 11 heteroatoms. The number of alkyl halides is 2. The molecule has 2 aliphatic heterocycles. The van der Waals surface area contributed by atoms with Gasteiger partial charge >= 0.3 is 0 Å². The molecule has 4 rings (SSSR count). The maximum Gasteiger partial charge on any atom is 0.283 e. The van der Waals surface area contributed by atoms with E-state index >= 15 is 13.2 Å². The molecule has 0 bridgehead atoms. The first-order valence-corrected chi connectivity index (χ1v) is 13.0. The van der Waals surface area contributed by atoms with Crippen molar-refractivity contribution in [3.05, 3.63) is 59.7 Å². The monoisotopic (exact) mass is 514 g/mol. The third kappa shape index (κ3) is 5.36. The zero-order valence-electron chi connectivity index (χ0n) is 19.0. The van der Waals surface area contributed by atoms with E-state index in [1.807, 2.05) is 4.72 Å². The number of nitrogens with one attached hydrogen (secondary N) is 1. The van der Waals surface area contributed by atoms with Gasteiger partial charge in [0.05, 0.1) is 18.3 Å². The molecule has 2 saturated heterocycles. The van der Waals surface area contributed by atoms with Gasteiger partial charge in [0.25, 0.3) is 11.8 Å². The van der Waals surface area contributed by atoms with E-state index in [-0.39, 0.29) is 23.1 Å². The smallest absolute Gasteiger partial charge is 0.283 e. The van der Waals surface area contributed by atoms with E-state index in [1.54, 1.807) is 0 Å². The largest absolute Gasteiger partial charge is 0.368 e. The molecule has 1 amide bonds. The van der Waals surface area contributed by atoms with E-state index in [0.29, 0.717) is 19.4 Å². The normalized spacial score (nSPS) is 24.1. The van der Waals surface area contributed by atoms with Gasteiger partial charge in [0, 0.05) is 12.2 Å². The van der Waals surface area contributed by atoms with Crippen LogP contribution in [0.15, 0.2) is 42.5 Å². The first kappa shape index (κ1) is 25.6. The standard InChI is InChI=1S/C24H26F4N2O4S/c1-2-35(32,33)29-22-19(30(14-24(22,27)28)23(31)20-10-5-11-34-20)13-16-7-4-9-18(21(16)26)15-6-3-8-17(25)12-15/h3-4,6-9,12,19-20,22,29H,2,5,10-11,13-14H2,1H3/t19-,20+,22+/m0/s1. The molecule has 0 saturated carbocycles. The zero-order valence-corrected chi connectivity index (χ0v) is 19.8. The van der Waals surface area contributed by atoms with Crippen LogP contribution in [0.2, 0.25) is 0 Å². The number of benzene rings is 2. The summed E-state index contributed by atoms with van der Waals surface area (Å²) in [5.74, 6) is -6.01. The fraction of sp³-hybridized carbons (Fsp3) is 0.458. The Kier molecular flexibility index (Phi) is 7.21. The summed E-state index contributed by atoms with van der Waals surface area (Å²) in [5, 5.41) is 0. The third-order valence-corrected chi connectivity index (χ3v) is 7.81. The number of sulfonamides is 1. The third-order valence-electron chi connectivity index (χ3n) is 6.44. The lowest BCUT2D eigenvalue weighted by Crippen LogP contribution is -2.53. The Balaban J connectivity index is 1.72. The van der Waals surface area contributed by atoms with Gasteiger partial charge in [-0.05, 0) is 49.4 Å². The van der Waals surface area contributed by atoms with Crippen LogP contribution in [0.1, 0.15) is 25.3 Å². The molecule has 2 aromatic carbocycles. The van der Waals surface area contributed by atoms with Crippen molar-refractivity contribution in [1.82, 2.24) is 9.62 Å². The van der Waals surface area contributed by atoms with E-state index < -0.39 is 64.0 Å². The molecule has 2 fully saturated rings. The Hall–Kier alpha value is -2.50. The molecule has 0 aromatic heterocycles. The van der Waals surface area contributed by atoms with Gasteiger partial charge in [-0.2, -0.15) is 0 Å². The van der Waals surface area contributed by atoms with Gasteiger partial charge in [-0.15, -0.1) is 0 Å². The van der Waals surface area contributed by atoms with E-state index in [1.165, 1.54) is 43.3 Å². The number of halogens is 4. The van der Waals surface area contributed by atoms with Crippen LogP contribution in [0.5, 0.6) is 0 Å². The van der Waals surface area contributed by atoms with Crippen LogP contribution in [0.4, 0.5) is 17.6 Å². The van der Waals surface area contributed by atoms with E-state index in [0.717, 1.165) is 11.0 Å². The fourth-order valence-corrected chi connectivity index (χ4v) is 5.50. The molecular formula is C24H26F4N2O4S. The first-order valence-electron chi connectivity index (χ1n) is 11.4. The number of carbonyl (C=O) groups excluding carboxylic acids is 1. The average Bonchev–Trinajstić information content (AvgIpc) is 3.42. The van der Waals surface area contributed by atoms with Gasteiger partial charge < -0.3 is 9.64 Å². The van der Waals surface area contributed by atoms with Crippen molar-refractivity contribution < 1.29 is 35.5 Å². The van der Waals surface area contributed by atoms with Gasteiger partial charge in [0.1, 0.15) is 23.8 Å². The first-order chi connectivity index (χ1) is 16.5. The number of rotatable bonds is 7. The van der Waals surface area contributed by atoms with Crippen LogP contribution >= 0.6 is 0 Å². The van der Waals surface area contributed by atoms with Gasteiger partial charge in [-0.3, -0.25) is 4.79 Å². The summed E-state index contributed by atoms with van der Waals surface area (Å²) in [5.41, 5.74) is 0.325. The van der Waals surface area contributed by atoms with Crippen molar-refractivity contribution >= 4 is 15.9 Å². The fourth-order valence-electron chi connectivity index (χ4n) is 4.61. The Morgan fingerprint density at radius 2 is 1.94 bits per heavy atom. The Morgan fingerprint density at radius 1 is 1.20 bits per heavy atom. The molecule has 0 unspecified atom stereocenters. The highest BCUT2D eigenvalue weighted by molar-refractivity contribution is 7.89. The maximum absolute atomic E-state index is 15.5. The zero-order chi connectivity index (χ0) is 25.4. The van der Waals surface area contributed by atoms with Crippen LogP contribution in [0, 0.1) is 11.6 Å². The number of nitrogens with zero attached hydrogens (tertiary/aromatic N) is 1. The second-order valence-corrected chi connectivity index (χ2v) is 10.8. The van der Waals surface area contributed by atoms with Crippen LogP contribution < -0.4 is 4.72 Å². The number of carbonyl (C=O) groups is 1. The molecule has 0 spiro atoms. The highest BCUT2D eigenvalue weighted by Crippen LogP contribution is 2.37. The number of hydrogen-bond donors (Lipinski definition) is 1. The molecule has 2 heterocycles. The number of likely N-dealkylation sites (tertiary alicyclic amines) is 1.